The van der Waals surface area contributed by atoms with Gasteiger partial charge in [-0.2, -0.15) is 0 Å². The predicted molar refractivity (Wildman–Crippen MR) is 149 cm³/mol. The van der Waals surface area contributed by atoms with Gasteiger partial charge in [0.15, 0.2) is 10.8 Å². The lowest BCUT2D eigenvalue weighted by Crippen LogP contribution is -2.71. The number of nitrogen functional groups attached to an aromatic ring is 1. The molecule has 0 bridgehead atoms. The highest BCUT2D eigenvalue weighted by Gasteiger charge is 2.54. The van der Waals surface area contributed by atoms with Crippen LogP contribution in [0.2, 0.25) is 0 Å². The molecule has 3 atom stereocenters. The van der Waals surface area contributed by atoms with Crippen molar-refractivity contribution in [3.05, 3.63) is 40.1 Å². The fourth-order valence-corrected chi connectivity index (χ4v) is 7.64. The molecule has 0 radical (unpaired) electrons. The highest BCUT2D eigenvalue weighted by Crippen LogP contribution is 2.46. The van der Waals surface area contributed by atoms with Gasteiger partial charge >= 0.3 is 5.97 Å². The average molecular weight is 614 g/mol. The number of hydrogen-bond donors (Lipinski definition) is 4. The minimum Gasteiger partial charge on any atom is -0.477 e. The SMILES string of the molecule is CC(N)CSc1cnccc1SC1=C(C(=O)O)N2C(=O)[C@@H](NC(=O)C(=NOCCF)c3csc(N)n3)[C@@H]2SC1. The second-order valence-corrected chi connectivity index (χ2v) is 12.4. The molecule has 39 heavy (non-hydrogen) atoms. The number of nitrogens with two attached hydrogens (primary N) is 2. The molecule has 1 unspecified atom stereocenters. The number of pyridine rings is 1. The predicted octanol–water partition coefficient (Wildman–Crippen LogP) is 1.74. The maximum absolute atomic E-state index is 13.1. The molecule has 17 heteroatoms. The van der Waals surface area contributed by atoms with E-state index < -0.39 is 35.9 Å². The maximum atomic E-state index is 13.1. The number of anilines is 1. The van der Waals surface area contributed by atoms with Crippen molar-refractivity contribution in [2.24, 2.45) is 10.9 Å². The van der Waals surface area contributed by atoms with Gasteiger partial charge in [0.25, 0.3) is 11.8 Å². The Morgan fingerprint density at radius 2 is 2.23 bits per heavy atom. The number of amides is 2. The van der Waals surface area contributed by atoms with E-state index in [0.29, 0.717) is 16.4 Å². The molecule has 2 aliphatic heterocycles. The number of carboxylic acids is 1. The Balaban J connectivity index is 1.52. The van der Waals surface area contributed by atoms with E-state index in [1.807, 2.05) is 6.92 Å². The van der Waals surface area contributed by atoms with E-state index in [1.165, 1.54) is 45.6 Å². The number of halogens is 1. The number of oxime groups is 1. The van der Waals surface area contributed by atoms with E-state index >= 15 is 0 Å². The highest BCUT2D eigenvalue weighted by atomic mass is 32.2. The lowest BCUT2D eigenvalue weighted by molar-refractivity contribution is -0.150. The third kappa shape index (κ3) is 6.66. The second-order valence-electron chi connectivity index (χ2n) is 8.18. The molecule has 4 heterocycles. The molecule has 2 aliphatic rings. The molecule has 6 N–H and O–H groups in total. The molecule has 0 saturated carbocycles. The van der Waals surface area contributed by atoms with Crippen LogP contribution in [0.25, 0.3) is 0 Å². The van der Waals surface area contributed by atoms with Crippen LogP contribution >= 0.6 is 46.6 Å². The number of nitrogens with one attached hydrogen (secondary N) is 1. The first kappa shape index (κ1) is 29.1. The van der Waals surface area contributed by atoms with Crippen LogP contribution in [0.15, 0.2) is 49.4 Å². The number of carbonyl (C=O) groups excluding carboxylic acids is 2. The summed E-state index contributed by atoms with van der Waals surface area (Å²) in [4.78, 5) is 54.7. The number of aromatic nitrogens is 2. The summed E-state index contributed by atoms with van der Waals surface area (Å²) in [7, 11) is 0. The number of thioether (sulfide) groups is 3. The molecule has 1 saturated heterocycles. The monoisotopic (exact) mass is 613 g/mol. The van der Waals surface area contributed by atoms with Gasteiger partial charge in [0.05, 0.1) is 0 Å². The summed E-state index contributed by atoms with van der Waals surface area (Å²) in [5.41, 5.74) is 11.2. The maximum Gasteiger partial charge on any atom is 0.353 e. The third-order valence-electron chi connectivity index (χ3n) is 5.21. The number of thiazole rings is 1. The van der Waals surface area contributed by atoms with Crippen LogP contribution in [-0.4, -0.2) is 85.7 Å². The lowest BCUT2D eigenvalue weighted by atomic mass is 10.0. The zero-order valence-corrected chi connectivity index (χ0v) is 23.7. The van der Waals surface area contributed by atoms with Crippen molar-refractivity contribution in [3.8, 4) is 0 Å². The Hall–Kier alpha value is -2.86. The van der Waals surface area contributed by atoms with Crippen LogP contribution in [0.4, 0.5) is 9.52 Å². The standard InChI is InChI=1S/C22H24FN7O5S4/c1-10(24)7-36-13-6-26-4-2-12(13)39-14-9-37-20-16(19(32)30(20)17(14)21(33)34)28-18(31)15(29-35-5-3-23)11-8-38-22(25)27-11/h2,4,6,8,10,16,20H,3,5,7,9,24H2,1H3,(H2,25,27)(H,28,31)(H,33,34)/t10?,16-,20+/m1/s1. The largest absolute Gasteiger partial charge is 0.477 e. The molecule has 0 aliphatic carbocycles. The van der Waals surface area contributed by atoms with E-state index in [1.54, 1.807) is 18.5 Å². The summed E-state index contributed by atoms with van der Waals surface area (Å²) in [6.07, 6.45) is 3.31. The Labute approximate surface area is 239 Å². The molecular formula is C22H24FN7O5S4. The van der Waals surface area contributed by atoms with Gasteiger partial charge in [0.1, 0.15) is 36.1 Å². The summed E-state index contributed by atoms with van der Waals surface area (Å²) in [5.74, 6) is -1.66. The van der Waals surface area contributed by atoms with Gasteiger partial charge in [-0.15, -0.1) is 34.9 Å². The van der Waals surface area contributed by atoms with E-state index in [0.717, 1.165) is 21.1 Å². The molecule has 2 aromatic rings. The average Bonchev–Trinajstić information content (AvgIpc) is 3.34. The third-order valence-corrected chi connectivity index (χ3v) is 9.96. The second kappa shape index (κ2) is 13.0. The normalized spacial score (nSPS) is 19.8. The molecule has 0 aromatic carbocycles. The number of alkyl halides is 1. The van der Waals surface area contributed by atoms with E-state index in [2.05, 4.69) is 20.4 Å². The van der Waals surface area contributed by atoms with Gasteiger partial charge in [-0.25, -0.2) is 14.2 Å². The van der Waals surface area contributed by atoms with Gasteiger partial charge < -0.3 is 26.7 Å². The van der Waals surface area contributed by atoms with Crippen molar-refractivity contribution in [2.45, 2.75) is 34.2 Å². The number of aliphatic carboxylic acids is 1. The zero-order chi connectivity index (χ0) is 28.1. The first-order valence-electron chi connectivity index (χ1n) is 11.4. The zero-order valence-electron chi connectivity index (χ0n) is 20.4. The fraction of sp³-hybridized carbons (Fsp3) is 0.364. The number of fused-ring (bicyclic) bond motifs is 1. The summed E-state index contributed by atoms with van der Waals surface area (Å²) >= 11 is 5.17. The quantitative estimate of drug-likeness (QED) is 0.0895. The summed E-state index contributed by atoms with van der Waals surface area (Å²) < 4.78 is 12.5. The Morgan fingerprint density at radius 1 is 1.44 bits per heavy atom. The molecule has 2 aromatic heterocycles. The van der Waals surface area contributed by atoms with Crippen molar-refractivity contribution >= 4 is 75.2 Å². The number of carbonyl (C=O) groups is 3. The molecule has 0 spiro atoms. The topological polar surface area (TPSA) is 186 Å². The minimum atomic E-state index is -1.25. The van der Waals surface area contributed by atoms with E-state index in [4.69, 9.17) is 16.3 Å². The summed E-state index contributed by atoms with van der Waals surface area (Å²) in [6.45, 7) is 0.701. The Morgan fingerprint density at radius 3 is 2.90 bits per heavy atom. The van der Waals surface area contributed by atoms with Crippen LogP contribution in [0, 0.1) is 0 Å². The van der Waals surface area contributed by atoms with Crippen LogP contribution in [0.5, 0.6) is 0 Å². The van der Waals surface area contributed by atoms with Gasteiger partial charge in [0, 0.05) is 50.0 Å². The van der Waals surface area contributed by atoms with E-state index in [9.17, 15) is 23.9 Å². The lowest BCUT2D eigenvalue weighted by Gasteiger charge is -2.49. The molecule has 1 fully saturated rings. The van der Waals surface area contributed by atoms with Crippen LogP contribution in [0.1, 0.15) is 12.6 Å². The van der Waals surface area contributed by atoms with Crippen molar-refractivity contribution in [3.63, 3.8) is 0 Å². The summed E-state index contributed by atoms with van der Waals surface area (Å²) in [5, 5.41) is 17.3. The molecular weight excluding hydrogens is 590 g/mol. The van der Waals surface area contributed by atoms with Gasteiger partial charge in [0.2, 0.25) is 0 Å². The van der Waals surface area contributed by atoms with Crippen LogP contribution in [-0.2, 0) is 19.2 Å². The Kier molecular flexibility index (Phi) is 9.71. The first-order valence-corrected chi connectivity index (χ1v) is 15.1. The number of nitrogens with zero attached hydrogens (tertiary/aromatic N) is 4. The highest BCUT2D eigenvalue weighted by molar-refractivity contribution is 8.07. The molecule has 2 amide bonds. The minimum absolute atomic E-state index is 0.0348. The van der Waals surface area contributed by atoms with Crippen molar-refractivity contribution in [1.82, 2.24) is 20.2 Å². The van der Waals surface area contributed by atoms with Crippen LogP contribution < -0.4 is 16.8 Å². The van der Waals surface area contributed by atoms with Gasteiger partial charge in [-0.3, -0.25) is 19.5 Å². The first-order chi connectivity index (χ1) is 18.7. The number of carboxylic acid groups (broad SMARTS) is 1. The van der Waals surface area contributed by atoms with Gasteiger partial charge in [-0.05, 0) is 13.0 Å². The smallest absolute Gasteiger partial charge is 0.353 e. The van der Waals surface area contributed by atoms with Crippen LogP contribution in [0.3, 0.4) is 0 Å². The number of hydrogen-bond acceptors (Lipinski definition) is 13. The molecule has 12 nitrogen and oxygen atoms in total. The summed E-state index contributed by atoms with van der Waals surface area (Å²) in [6, 6.07) is 0.742. The number of rotatable bonds is 12. The Bertz CT molecular complexity index is 1320. The number of β-lactam (4-membered cyclic amide) rings is 1. The van der Waals surface area contributed by atoms with E-state index in [-0.39, 0.29) is 34.9 Å². The molecule has 208 valence electrons. The molecule has 4 rings (SSSR count). The van der Waals surface area contributed by atoms with Crippen molar-refractivity contribution in [1.29, 1.82) is 0 Å². The van der Waals surface area contributed by atoms with Crippen molar-refractivity contribution in [2.75, 3.05) is 30.5 Å². The van der Waals surface area contributed by atoms with Gasteiger partial charge in [-0.1, -0.05) is 16.9 Å². The van der Waals surface area contributed by atoms with Crippen molar-refractivity contribution < 1.29 is 28.7 Å². The fourth-order valence-electron chi connectivity index (χ4n) is 3.54.